The molecule has 0 N–H and O–H groups in total. The topological polar surface area (TPSA) is 52.6 Å². The molecule has 0 amide bonds. The third-order valence-electron chi connectivity index (χ3n) is 3.62. The highest BCUT2D eigenvalue weighted by Crippen LogP contribution is 2.48. The zero-order valence-electron chi connectivity index (χ0n) is 12.5. The second kappa shape index (κ2) is 5.81. The number of hydrogen-bond donors (Lipinski definition) is 0. The van der Waals surface area contributed by atoms with Crippen LogP contribution in [0.1, 0.15) is 29.8 Å². The van der Waals surface area contributed by atoms with E-state index < -0.39 is 7.60 Å². The molecule has 0 bridgehead atoms. The van der Waals surface area contributed by atoms with E-state index in [9.17, 15) is 9.36 Å². The minimum absolute atomic E-state index is 0.0491. The summed E-state index contributed by atoms with van der Waals surface area (Å²) in [4.78, 5) is 12.5. The van der Waals surface area contributed by atoms with Crippen molar-refractivity contribution in [2.24, 2.45) is 0 Å². The highest BCUT2D eigenvalue weighted by atomic mass is 31.2. The van der Waals surface area contributed by atoms with Gasteiger partial charge in [0.1, 0.15) is 0 Å². The molecule has 0 unspecified atom stereocenters. The molecule has 0 saturated carbocycles. The summed E-state index contributed by atoms with van der Waals surface area (Å²) in [5, 5.41) is 0.427. The first-order valence-corrected chi connectivity index (χ1v) is 8.83. The van der Waals surface area contributed by atoms with Gasteiger partial charge in [0.25, 0.3) is 0 Å². The van der Waals surface area contributed by atoms with Gasteiger partial charge >= 0.3 is 7.60 Å². The van der Waals surface area contributed by atoms with Crippen molar-refractivity contribution >= 4 is 18.7 Å². The zero-order chi connectivity index (χ0) is 15.7. The number of rotatable bonds is 5. The Hall–Kier alpha value is -1.74. The van der Waals surface area contributed by atoms with Crippen LogP contribution in [0.5, 0.6) is 0 Å². The van der Waals surface area contributed by atoms with Crippen molar-refractivity contribution in [1.29, 1.82) is 0 Å². The first-order chi connectivity index (χ1) is 10.6. The van der Waals surface area contributed by atoms with E-state index in [0.29, 0.717) is 16.4 Å². The van der Waals surface area contributed by atoms with Gasteiger partial charge in [0.15, 0.2) is 5.78 Å². The van der Waals surface area contributed by atoms with Gasteiger partial charge in [-0.15, -0.1) is 0 Å². The van der Waals surface area contributed by atoms with Gasteiger partial charge in [-0.05, 0) is 37.1 Å². The molecule has 0 aliphatic heterocycles. The second-order valence-electron chi connectivity index (χ2n) is 4.94. The standard InChI is InChI=1S/C17H17O4P/c1-3-20-22(19,21-4-2)12-9-10-14-13-7-5-6-8-15(13)17(18)16(14)11-12/h5-11H,3-4H2,1-2H3. The lowest BCUT2D eigenvalue weighted by molar-refractivity contribution is 0.104. The molecular weight excluding hydrogens is 299 g/mol. The molecule has 0 saturated heterocycles. The fourth-order valence-electron chi connectivity index (χ4n) is 2.71. The van der Waals surface area contributed by atoms with Crippen LogP contribution in [0.3, 0.4) is 0 Å². The summed E-state index contributed by atoms with van der Waals surface area (Å²) >= 11 is 0. The van der Waals surface area contributed by atoms with E-state index in [1.807, 2.05) is 30.3 Å². The van der Waals surface area contributed by atoms with Gasteiger partial charge in [0, 0.05) is 11.1 Å². The van der Waals surface area contributed by atoms with Crippen LogP contribution in [-0.2, 0) is 13.6 Å². The molecular formula is C17H17O4P. The summed E-state index contributed by atoms with van der Waals surface area (Å²) in [7, 11) is -3.38. The molecule has 1 aliphatic carbocycles. The summed E-state index contributed by atoms with van der Waals surface area (Å²) in [6.45, 7) is 4.09. The minimum atomic E-state index is -3.38. The van der Waals surface area contributed by atoms with E-state index in [0.717, 1.165) is 11.1 Å². The quantitative estimate of drug-likeness (QED) is 0.672. The molecule has 4 nitrogen and oxygen atoms in total. The normalized spacial score (nSPS) is 13.1. The Balaban J connectivity index is 2.10. The predicted octanol–water partition coefficient (Wildman–Crippen LogP) is 3.79. The smallest absolute Gasteiger partial charge is 0.305 e. The number of benzene rings is 2. The van der Waals surface area contributed by atoms with Crippen molar-refractivity contribution in [1.82, 2.24) is 0 Å². The number of ketones is 1. The zero-order valence-corrected chi connectivity index (χ0v) is 13.4. The molecule has 2 aromatic rings. The molecule has 0 fully saturated rings. The van der Waals surface area contributed by atoms with Crippen molar-refractivity contribution in [3.05, 3.63) is 53.6 Å². The van der Waals surface area contributed by atoms with Gasteiger partial charge in [0.05, 0.1) is 18.5 Å². The molecule has 0 heterocycles. The lowest BCUT2D eigenvalue weighted by Crippen LogP contribution is -2.12. The van der Waals surface area contributed by atoms with Crippen LogP contribution in [0.25, 0.3) is 11.1 Å². The molecule has 22 heavy (non-hydrogen) atoms. The molecule has 0 radical (unpaired) electrons. The summed E-state index contributed by atoms with van der Waals surface area (Å²) in [6, 6.07) is 12.7. The van der Waals surface area contributed by atoms with Gasteiger partial charge in [0.2, 0.25) is 0 Å². The molecule has 3 rings (SSSR count). The second-order valence-corrected chi connectivity index (χ2v) is 6.97. The van der Waals surface area contributed by atoms with E-state index in [2.05, 4.69) is 0 Å². The highest BCUT2D eigenvalue weighted by Gasteiger charge is 2.32. The number of carbonyl (C=O) groups is 1. The van der Waals surface area contributed by atoms with Crippen molar-refractivity contribution in [3.8, 4) is 11.1 Å². The Labute approximate surface area is 129 Å². The van der Waals surface area contributed by atoms with E-state index in [4.69, 9.17) is 9.05 Å². The molecule has 2 aromatic carbocycles. The lowest BCUT2D eigenvalue weighted by Gasteiger charge is -2.17. The van der Waals surface area contributed by atoms with E-state index in [1.54, 1.807) is 26.0 Å². The SMILES string of the molecule is CCOP(=O)(OCC)c1ccc2c(c1)C(=O)c1ccccc1-2. The van der Waals surface area contributed by atoms with Crippen LogP contribution in [-0.4, -0.2) is 19.0 Å². The average molecular weight is 316 g/mol. The molecule has 0 atom stereocenters. The van der Waals surface area contributed by atoms with E-state index in [-0.39, 0.29) is 19.0 Å². The van der Waals surface area contributed by atoms with Crippen molar-refractivity contribution in [3.63, 3.8) is 0 Å². The van der Waals surface area contributed by atoms with Crippen LogP contribution >= 0.6 is 7.60 Å². The number of carbonyl (C=O) groups excluding carboxylic acids is 1. The Morgan fingerprint density at radius 2 is 1.45 bits per heavy atom. The summed E-state index contributed by atoms with van der Waals surface area (Å²) in [6.07, 6.45) is 0. The fourth-order valence-corrected chi connectivity index (χ4v) is 4.31. The van der Waals surface area contributed by atoms with Crippen LogP contribution in [0.2, 0.25) is 0 Å². The maximum absolute atomic E-state index is 12.8. The molecule has 0 spiro atoms. The molecule has 5 heteroatoms. The van der Waals surface area contributed by atoms with Gasteiger partial charge in [-0.1, -0.05) is 30.3 Å². The Kier molecular flexibility index (Phi) is 4.00. The Morgan fingerprint density at radius 1 is 0.864 bits per heavy atom. The molecule has 1 aliphatic rings. The number of fused-ring (bicyclic) bond motifs is 3. The first kappa shape index (κ1) is 15.2. The van der Waals surface area contributed by atoms with Crippen molar-refractivity contribution in [2.75, 3.05) is 13.2 Å². The Morgan fingerprint density at radius 3 is 2.09 bits per heavy atom. The van der Waals surface area contributed by atoms with Crippen molar-refractivity contribution < 1.29 is 18.4 Å². The lowest BCUT2D eigenvalue weighted by atomic mass is 10.1. The molecule has 0 aromatic heterocycles. The van der Waals surface area contributed by atoms with Crippen LogP contribution < -0.4 is 5.30 Å². The first-order valence-electron chi connectivity index (χ1n) is 7.28. The van der Waals surface area contributed by atoms with Gasteiger partial charge in [-0.3, -0.25) is 9.36 Å². The van der Waals surface area contributed by atoms with Crippen LogP contribution in [0.15, 0.2) is 42.5 Å². The highest BCUT2D eigenvalue weighted by molar-refractivity contribution is 7.62. The molecule has 114 valence electrons. The van der Waals surface area contributed by atoms with Crippen LogP contribution in [0.4, 0.5) is 0 Å². The van der Waals surface area contributed by atoms with E-state index in [1.165, 1.54) is 0 Å². The predicted molar refractivity (Wildman–Crippen MR) is 85.8 cm³/mol. The largest absolute Gasteiger partial charge is 0.361 e. The van der Waals surface area contributed by atoms with Crippen molar-refractivity contribution in [2.45, 2.75) is 13.8 Å². The van der Waals surface area contributed by atoms with Crippen LogP contribution in [0, 0.1) is 0 Å². The third-order valence-corrected chi connectivity index (χ3v) is 5.73. The maximum Gasteiger partial charge on any atom is 0.361 e. The average Bonchev–Trinajstić information content (AvgIpc) is 2.81. The summed E-state index contributed by atoms with van der Waals surface area (Å²) in [5.41, 5.74) is 3.01. The number of hydrogen-bond acceptors (Lipinski definition) is 4. The fraction of sp³-hybridized carbons (Fsp3) is 0.235. The minimum Gasteiger partial charge on any atom is -0.305 e. The maximum atomic E-state index is 12.8. The summed E-state index contributed by atoms with van der Waals surface area (Å²) in [5.74, 6) is -0.0491. The van der Waals surface area contributed by atoms with Gasteiger partial charge < -0.3 is 9.05 Å². The third kappa shape index (κ3) is 2.34. The van der Waals surface area contributed by atoms with Gasteiger partial charge in [-0.2, -0.15) is 0 Å². The monoisotopic (exact) mass is 316 g/mol. The Bertz CT molecular complexity index is 772. The van der Waals surface area contributed by atoms with E-state index >= 15 is 0 Å². The van der Waals surface area contributed by atoms with Gasteiger partial charge in [-0.25, -0.2) is 0 Å². The summed E-state index contributed by atoms with van der Waals surface area (Å²) < 4.78 is 23.5.